The van der Waals surface area contributed by atoms with Gasteiger partial charge in [0.25, 0.3) is 5.91 Å². The lowest BCUT2D eigenvalue weighted by molar-refractivity contribution is 0.0953. The van der Waals surface area contributed by atoms with Crippen molar-refractivity contribution in [3.05, 3.63) is 72.2 Å². The van der Waals surface area contributed by atoms with Gasteiger partial charge in [-0.2, -0.15) is 0 Å². The average Bonchev–Trinajstić information content (AvgIpc) is 2.63. The van der Waals surface area contributed by atoms with Crippen molar-refractivity contribution in [1.29, 1.82) is 0 Å². The summed E-state index contributed by atoms with van der Waals surface area (Å²) in [5, 5.41) is 2.89. The van der Waals surface area contributed by atoms with Crippen molar-refractivity contribution in [2.45, 2.75) is 13.3 Å². The number of carbonyl (C=O) groups is 1. The van der Waals surface area contributed by atoms with Crippen LogP contribution in [0.25, 0.3) is 11.3 Å². The highest BCUT2D eigenvalue weighted by atomic mass is 16.1. The van der Waals surface area contributed by atoms with Gasteiger partial charge in [0.15, 0.2) is 0 Å². The lowest BCUT2D eigenvalue weighted by Crippen LogP contribution is -2.26. The molecule has 24 heavy (non-hydrogen) atoms. The minimum Gasteiger partial charge on any atom is -0.352 e. The van der Waals surface area contributed by atoms with Crippen LogP contribution in [0.1, 0.15) is 21.9 Å². The summed E-state index contributed by atoms with van der Waals surface area (Å²) in [6, 6.07) is 9.19. The summed E-state index contributed by atoms with van der Waals surface area (Å²) in [6.45, 7) is 2.32. The van der Waals surface area contributed by atoms with Crippen molar-refractivity contribution in [3.8, 4) is 11.3 Å². The molecule has 0 spiro atoms. The Morgan fingerprint density at radius 1 is 1.08 bits per heavy atom. The van der Waals surface area contributed by atoms with Gasteiger partial charge < -0.3 is 5.32 Å². The van der Waals surface area contributed by atoms with Gasteiger partial charge in [0.1, 0.15) is 5.82 Å². The molecule has 120 valence electrons. The summed E-state index contributed by atoms with van der Waals surface area (Å²) < 4.78 is 0. The summed E-state index contributed by atoms with van der Waals surface area (Å²) >= 11 is 0. The van der Waals surface area contributed by atoms with E-state index in [1.807, 2.05) is 25.1 Å². The molecule has 0 aromatic carbocycles. The number of aromatic nitrogens is 4. The van der Waals surface area contributed by atoms with Crippen LogP contribution < -0.4 is 5.32 Å². The van der Waals surface area contributed by atoms with Gasteiger partial charge in [0.2, 0.25) is 0 Å². The van der Waals surface area contributed by atoms with Gasteiger partial charge in [0.05, 0.1) is 17.0 Å². The van der Waals surface area contributed by atoms with E-state index in [-0.39, 0.29) is 5.91 Å². The Bertz CT molecular complexity index is 821. The summed E-state index contributed by atoms with van der Waals surface area (Å²) in [4.78, 5) is 29.1. The van der Waals surface area contributed by atoms with Crippen molar-refractivity contribution in [1.82, 2.24) is 25.3 Å². The topological polar surface area (TPSA) is 80.7 Å². The zero-order valence-electron chi connectivity index (χ0n) is 13.3. The first-order valence-corrected chi connectivity index (χ1v) is 7.66. The van der Waals surface area contributed by atoms with E-state index in [9.17, 15) is 4.79 Å². The summed E-state index contributed by atoms with van der Waals surface area (Å²) in [5.74, 6) is 0.552. The van der Waals surface area contributed by atoms with Gasteiger partial charge in [-0.05, 0) is 31.2 Å². The number of aryl methyl sites for hydroxylation is 1. The first-order valence-electron chi connectivity index (χ1n) is 7.66. The second kappa shape index (κ2) is 7.41. The fourth-order valence-electron chi connectivity index (χ4n) is 2.34. The normalized spacial score (nSPS) is 10.4. The smallest absolute Gasteiger partial charge is 0.252 e. The maximum absolute atomic E-state index is 12.1. The minimum atomic E-state index is -0.145. The molecule has 0 aliphatic heterocycles. The molecule has 0 atom stereocenters. The van der Waals surface area contributed by atoms with Gasteiger partial charge in [-0.25, -0.2) is 9.97 Å². The third-order valence-corrected chi connectivity index (χ3v) is 3.50. The van der Waals surface area contributed by atoms with E-state index in [0.29, 0.717) is 24.4 Å². The number of pyridine rings is 2. The van der Waals surface area contributed by atoms with Crippen molar-refractivity contribution >= 4 is 5.91 Å². The highest BCUT2D eigenvalue weighted by Crippen LogP contribution is 2.19. The van der Waals surface area contributed by atoms with Crippen molar-refractivity contribution in [3.63, 3.8) is 0 Å². The molecule has 0 aliphatic carbocycles. The van der Waals surface area contributed by atoms with E-state index < -0.39 is 0 Å². The van der Waals surface area contributed by atoms with E-state index in [1.165, 1.54) is 0 Å². The second-order valence-corrected chi connectivity index (χ2v) is 5.24. The number of carbonyl (C=O) groups excluding carboxylic acids is 1. The molecule has 6 heteroatoms. The molecule has 1 N–H and O–H groups in total. The van der Waals surface area contributed by atoms with Crippen LogP contribution in [0.15, 0.2) is 55.1 Å². The number of hydrogen-bond donors (Lipinski definition) is 1. The quantitative estimate of drug-likeness (QED) is 0.780. The van der Waals surface area contributed by atoms with E-state index in [4.69, 9.17) is 0 Å². The van der Waals surface area contributed by atoms with Gasteiger partial charge in [-0.3, -0.25) is 14.8 Å². The Morgan fingerprint density at radius 2 is 2.00 bits per heavy atom. The average molecular weight is 319 g/mol. The van der Waals surface area contributed by atoms with Gasteiger partial charge in [-0.1, -0.05) is 6.07 Å². The lowest BCUT2D eigenvalue weighted by atomic mass is 10.1. The van der Waals surface area contributed by atoms with Crippen LogP contribution in [-0.2, 0) is 6.42 Å². The highest BCUT2D eigenvalue weighted by Gasteiger charge is 2.10. The second-order valence-electron chi connectivity index (χ2n) is 5.24. The third kappa shape index (κ3) is 3.78. The zero-order chi connectivity index (χ0) is 16.8. The van der Waals surface area contributed by atoms with Crippen LogP contribution in [0, 0.1) is 6.92 Å². The molecular formula is C18H17N5O. The summed E-state index contributed by atoms with van der Waals surface area (Å²) in [5.41, 5.74) is 3.12. The molecule has 3 aromatic rings. The monoisotopic (exact) mass is 319 g/mol. The van der Waals surface area contributed by atoms with Crippen LogP contribution in [0.5, 0.6) is 0 Å². The predicted molar refractivity (Wildman–Crippen MR) is 90.3 cm³/mol. The third-order valence-electron chi connectivity index (χ3n) is 3.50. The van der Waals surface area contributed by atoms with Crippen LogP contribution in [0.3, 0.4) is 0 Å². The van der Waals surface area contributed by atoms with Crippen LogP contribution >= 0.6 is 0 Å². The SMILES string of the molecule is Cc1ncc(-c2ccccn2)c(CCNC(=O)c2cccnc2)n1. The van der Waals surface area contributed by atoms with Crippen molar-refractivity contribution < 1.29 is 4.79 Å². The first-order chi connectivity index (χ1) is 11.7. The van der Waals surface area contributed by atoms with Crippen molar-refractivity contribution in [2.24, 2.45) is 0 Å². The molecule has 0 bridgehead atoms. The number of nitrogens with zero attached hydrogens (tertiary/aromatic N) is 4. The number of rotatable bonds is 5. The van der Waals surface area contributed by atoms with Gasteiger partial charge in [0, 0.05) is 43.3 Å². The summed E-state index contributed by atoms with van der Waals surface area (Å²) in [7, 11) is 0. The first kappa shape index (κ1) is 15.7. The Morgan fingerprint density at radius 3 is 2.75 bits per heavy atom. The minimum absolute atomic E-state index is 0.145. The Labute approximate surface area is 140 Å². The van der Waals surface area contributed by atoms with Crippen LogP contribution in [0.2, 0.25) is 0 Å². The van der Waals surface area contributed by atoms with Gasteiger partial charge >= 0.3 is 0 Å². The Kier molecular flexibility index (Phi) is 4.86. The fourth-order valence-corrected chi connectivity index (χ4v) is 2.34. The molecule has 0 aliphatic rings. The molecular weight excluding hydrogens is 302 g/mol. The van der Waals surface area contributed by atoms with E-state index in [2.05, 4.69) is 25.3 Å². The Balaban J connectivity index is 1.71. The molecule has 3 rings (SSSR count). The predicted octanol–water partition coefficient (Wildman–Crippen LogP) is 2.21. The van der Waals surface area contributed by atoms with E-state index >= 15 is 0 Å². The zero-order valence-corrected chi connectivity index (χ0v) is 13.3. The standard InChI is InChI=1S/C18H17N5O/c1-13-22-12-15(16-6-2-3-9-20-16)17(23-13)7-10-21-18(24)14-5-4-8-19-11-14/h2-6,8-9,11-12H,7,10H2,1H3,(H,21,24). The van der Waals surface area contributed by atoms with Crippen LogP contribution in [0.4, 0.5) is 0 Å². The number of nitrogens with one attached hydrogen (secondary N) is 1. The molecule has 0 radical (unpaired) electrons. The largest absolute Gasteiger partial charge is 0.352 e. The molecule has 0 saturated carbocycles. The number of hydrogen-bond acceptors (Lipinski definition) is 5. The molecule has 3 aromatic heterocycles. The molecule has 3 heterocycles. The fraction of sp³-hybridized carbons (Fsp3) is 0.167. The molecule has 0 saturated heterocycles. The Hall–Kier alpha value is -3.15. The van der Waals surface area contributed by atoms with E-state index in [0.717, 1.165) is 17.0 Å². The maximum Gasteiger partial charge on any atom is 0.252 e. The highest BCUT2D eigenvalue weighted by molar-refractivity contribution is 5.93. The summed E-state index contributed by atoms with van der Waals surface area (Å²) in [6.07, 6.45) is 7.30. The molecule has 0 fully saturated rings. The molecule has 0 unspecified atom stereocenters. The maximum atomic E-state index is 12.1. The molecule has 1 amide bonds. The number of amides is 1. The van der Waals surface area contributed by atoms with Gasteiger partial charge in [-0.15, -0.1) is 0 Å². The van der Waals surface area contributed by atoms with E-state index in [1.54, 1.807) is 36.9 Å². The molecule has 6 nitrogen and oxygen atoms in total. The van der Waals surface area contributed by atoms with Crippen LogP contribution in [-0.4, -0.2) is 32.4 Å². The lowest BCUT2D eigenvalue weighted by Gasteiger charge is -2.09. The van der Waals surface area contributed by atoms with Crippen molar-refractivity contribution in [2.75, 3.05) is 6.54 Å².